The molecule has 1 N–H and O–H groups in total. The van der Waals surface area contributed by atoms with Crippen molar-refractivity contribution in [2.24, 2.45) is 11.8 Å². The van der Waals surface area contributed by atoms with E-state index >= 15 is 0 Å². The molecule has 0 aromatic heterocycles. The Labute approximate surface area is 124 Å². The maximum absolute atomic E-state index is 5.70. The molecule has 0 aliphatic heterocycles. The number of benzene rings is 1. The van der Waals surface area contributed by atoms with Crippen molar-refractivity contribution in [1.82, 2.24) is 0 Å². The summed E-state index contributed by atoms with van der Waals surface area (Å²) in [6.07, 6.45) is 3.46. The molecule has 114 valence electrons. The number of hydrogen-bond acceptors (Lipinski definition) is 2. The number of hydrogen-bond donors (Lipinski definition) is 1. The van der Waals surface area contributed by atoms with E-state index in [4.69, 9.17) is 4.74 Å². The zero-order valence-corrected chi connectivity index (χ0v) is 13.8. The zero-order valence-electron chi connectivity index (χ0n) is 13.8. The molecule has 0 aliphatic rings. The van der Waals surface area contributed by atoms with Crippen LogP contribution in [0.5, 0.6) is 5.75 Å². The molecule has 0 aliphatic carbocycles. The monoisotopic (exact) mass is 277 g/mol. The van der Waals surface area contributed by atoms with Crippen LogP contribution < -0.4 is 10.1 Å². The largest absolute Gasteiger partial charge is 0.494 e. The molecule has 0 spiro atoms. The van der Waals surface area contributed by atoms with Gasteiger partial charge < -0.3 is 10.1 Å². The molecule has 0 bridgehead atoms. The van der Waals surface area contributed by atoms with E-state index in [1.165, 1.54) is 18.5 Å². The Morgan fingerprint density at radius 1 is 1.05 bits per heavy atom. The van der Waals surface area contributed by atoms with Crippen molar-refractivity contribution in [2.75, 3.05) is 11.9 Å². The second-order valence-electron chi connectivity index (χ2n) is 6.48. The molecule has 1 aromatic carbocycles. The number of rotatable bonds is 9. The minimum atomic E-state index is 0.538. The van der Waals surface area contributed by atoms with Crippen molar-refractivity contribution in [2.45, 2.75) is 59.9 Å². The summed E-state index contributed by atoms with van der Waals surface area (Å²) >= 11 is 0. The molecular weight excluding hydrogens is 246 g/mol. The Bertz CT molecular complexity index is 363. The van der Waals surface area contributed by atoms with E-state index in [0.29, 0.717) is 17.9 Å². The Balaban J connectivity index is 2.66. The van der Waals surface area contributed by atoms with Gasteiger partial charge in [-0.3, -0.25) is 0 Å². The highest BCUT2D eigenvalue weighted by Gasteiger charge is 2.13. The predicted octanol–water partition coefficient (Wildman–Crippen LogP) is 5.35. The van der Waals surface area contributed by atoms with Gasteiger partial charge in [0.1, 0.15) is 5.75 Å². The van der Waals surface area contributed by atoms with Gasteiger partial charge in [-0.25, -0.2) is 0 Å². The van der Waals surface area contributed by atoms with Crippen molar-refractivity contribution in [3.05, 3.63) is 24.3 Å². The van der Waals surface area contributed by atoms with Gasteiger partial charge in [0, 0.05) is 17.8 Å². The zero-order chi connectivity index (χ0) is 15.0. The molecule has 1 rings (SSSR count). The lowest BCUT2D eigenvalue weighted by atomic mass is 9.95. The van der Waals surface area contributed by atoms with E-state index in [2.05, 4.69) is 58.1 Å². The Hall–Kier alpha value is -1.18. The molecule has 0 heterocycles. The quantitative estimate of drug-likeness (QED) is 0.657. The minimum Gasteiger partial charge on any atom is -0.494 e. The highest BCUT2D eigenvalue weighted by atomic mass is 16.5. The Morgan fingerprint density at radius 2 is 1.70 bits per heavy atom. The van der Waals surface area contributed by atoms with Crippen molar-refractivity contribution < 1.29 is 4.74 Å². The standard InChI is InChI=1S/C18H31NO/c1-6-10-20-18-9-7-8-16(13-18)19-17(11-14(2)3)12-15(4)5/h7-9,13-15,17,19H,6,10-12H2,1-5H3. The molecule has 2 heteroatoms. The van der Waals surface area contributed by atoms with Crippen molar-refractivity contribution >= 4 is 5.69 Å². The van der Waals surface area contributed by atoms with Crippen LogP contribution >= 0.6 is 0 Å². The van der Waals surface area contributed by atoms with E-state index in [1.807, 2.05) is 6.07 Å². The van der Waals surface area contributed by atoms with Gasteiger partial charge in [-0.2, -0.15) is 0 Å². The number of anilines is 1. The predicted molar refractivity (Wildman–Crippen MR) is 88.5 cm³/mol. The Morgan fingerprint density at radius 3 is 2.25 bits per heavy atom. The van der Waals surface area contributed by atoms with Gasteiger partial charge in [0.2, 0.25) is 0 Å². The summed E-state index contributed by atoms with van der Waals surface area (Å²) < 4.78 is 5.70. The Kier molecular flexibility index (Phi) is 7.50. The van der Waals surface area contributed by atoms with E-state index in [0.717, 1.165) is 18.8 Å². The molecule has 0 amide bonds. The molecule has 0 saturated heterocycles. The first-order chi connectivity index (χ1) is 9.51. The molecular formula is C18H31NO. The van der Waals surface area contributed by atoms with Crippen LogP contribution in [0.15, 0.2) is 24.3 Å². The molecule has 0 saturated carbocycles. The highest BCUT2D eigenvalue weighted by Crippen LogP contribution is 2.22. The summed E-state index contributed by atoms with van der Waals surface area (Å²) in [5.41, 5.74) is 1.17. The lowest BCUT2D eigenvalue weighted by Crippen LogP contribution is -2.23. The van der Waals surface area contributed by atoms with Gasteiger partial charge in [0.15, 0.2) is 0 Å². The first-order valence-electron chi connectivity index (χ1n) is 8.00. The lowest BCUT2D eigenvalue weighted by Gasteiger charge is -2.23. The van der Waals surface area contributed by atoms with Crippen LogP contribution in [-0.2, 0) is 0 Å². The van der Waals surface area contributed by atoms with Crippen LogP contribution in [0.1, 0.15) is 53.9 Å². The summed E-state index contributed by atoms with van der Waals surface area (Å²) in [6.45, 7) is 12.1. The maximum atomic E-state index is 5.70. The minimum absolute atomic E-state index is 0.538. The smallest absolute Gasteiger partial charge is 0.121 e. The van der Waals surface area contributed by atoms with Crippen LogP contribution in [0.25, 0.3) is 0 Å². The molecule has 20 heavy (non-hydrogen) atoms. The topological polar surface area (TPSA) is 21.3 Å². The summed E-state index contributed by atoms with van der Waals surface area (Å²) in [7, 11) is 0. The van der Waals surface area contributed by atoms with Crippen LogP contribution in [0.4, 0.5) is 5.69 Å². The summed E-state index contributed by atoms with van der Waals surface area (Å²) in [6, 6.07) is 8.88. The third-order valence-corrected chi connectivity index (χ3v) is 3.19. The SMILES string of the molecule is CCCOc1cccc(NC(CC(C)C)CC(C)C)c1. The fourth-order valence-corrected chi connectivity index (χ4v) is 2.48. The number of ether oxygens (including phenoxy) is 1. The second-order valence-corrected chi connectivity index (χ2v) is 6.48. The normalized spacial score (nSPS) is 11.4. The van der Waals surface area contributed by atoms with Crippen LogP contribution in [-0.4, -0.2) is 12.6 Å². The van der Waals surface area contributed by atoms with Gasteiger partial charge in [0.05, 0.1) is 6.61 Å². The summed E-state index contributed by atoms with van der Waals surface area (Å²) in [4.78, 5) is 0. The lowest BCUT2D eigenvalue weighted by molar-refractivity contribution is 0.317. The fraction of sp³-hybridized carbons (Fsp3) is 0.667. The highest BCUT2D eigenvalue weighted by molar-refractivity contribution is 5.48. The van der Waals surface area contributed by atoms with Gasteiger partial charge in [-0.05, 0) is 43.2 Å². The number of nitrogens with one attached hydrogen (secondary N) is 1. The second kappa shape index (κ2) is 8.89. The van der Waals surface area contributed by atoms with Gasteiger partial charge in [-0.1, -0.05) is 40.7 Å². The van der Waals surface area contributed by atoms with E-state index in [1.54, 1.807) is 0 Å². The maximum Gasteiger partial charge on any atom is 0.121 e. The molecule has 0 radical (unpaired) electrons. The summed E-state index contributed by atoms with van der Waals surface area (Å²) in [5.74, 6) is 2.39. The average Bonchev–Trinajstić information content (AvgIpc) is 2.35. The molecule has 0 fully saturated rings. The first kappa shape index (κ1) is 16.9. The van der Waals surface area contributed by atoms with Crippen molar-refractivity contribution in [3.63, 3.8) is 0 Å². The van der Waals surface area contributed by atoms with Gasteiger partial charge >= 0.3 is 0 Å². The van der Waals surface area contributed by atoms with E-state index < -0.39 is 0 Å². The first-order valence-corrected chi connectivity index (χ1v) is 8.00. The third-order valence-electron chi connectivity index (χ3n) is 3.19. The fourth-order valence-electron chi connectivity index (χ4n) is 2.48. The van der Waals surface area contributed by atoms with Crippen molar-refractivity contribution in [3.8, 4) is 5.75 Å². The van der Waals surface area contributed by atoms with E-state index in [-0.39, 0.29) is 0 Å². The van der Waals surface area contributed by atoms with Gasteiger partial charge in [0.25, 0.3) is 0 Å². The van der Waals surface area contributed by atoms with Crippen LogP contribution in [0, 0.1) is 11.8 Å². The van der Waals surface area contributed by atoms with Crippen molar-refractivity contribution in [1.29, 1.82) is 0 Å². The molecule has 0 atom stereocenters. The molecule has 0 unspecified atom stereocenters. The van der Waals surface area contributed by atoms with Crippen LogP contribution in [0.3, 0.4) is 0 Å². The van der Waals surface area contributed by atoms with E-state index in [9.17, 15) is 0 Å². The summed E-state index contributed by atoms with van der Waals surface area (Å²) in [5, 5.41) is 3.68. The third kappa shape index (κ3) is 6.83. The van der Waals surface area contributed by atoms with Crippen LogP contribution in [0.2, 0.25) is 0 Å². The van der Waals surface area contributed by atoms with Gasteiger partial charge in [-0.15, -0.1) is 0 Å². The molecule has 1 aromatic rings. The molecule has 2 nitrogen and oxygen atoms in total. The average molecular weight is 277 g/mol.